The van der Waals surface area contributed by atoms with E-state index in [4.69, 9.17) is 5.26 Å². The Morgan fingerprint density at radius 1 is 1.17 bits per heavy atom. The Labute approximate surface area is 139 Å². The highest BCUT2D eigenvalue weighted by molar-refractivity contribution is 7.89. The van der Waals surface area contributed by atoms with Gasteiger partial charge in [0.2, 0.25) is 15.2 Å². The van der Waals surface area contributed by atoms with Gasteiger partial charge in [0.15, 0.2) is 0 Å². The summed E-state index contributed by atoms with van der Waals surface area (Å²) in [7, 11) is -3.52. The molecule has 2 aromatic rings. The number of nitrogens with zero attached hydrogens (tertiary/aromatic N) is 5. The lowest BCUT2D eigenvalue weighted by molar-refractivity contribution is 0.384. The molecule has 1 aromatic heterocycles. The van der Waals surface area contributed by atoms with Gasteiger partial charge in [-0.3, -0.25) is 0 Å². The van der Waals surface area contributed by atoms with Crippen molar-refractivity contribution in [1.82, 2.24) is 13.7 Å². The highest BCUT2D eigenvalue weighted by Gasteiger charge is 2.29. The molecule has 2 heterocycles. The van der Waals surface area contributed by atoms with Gasteiger partial charge in [0, 0.05) is 37.7 Å². The number of rotatable bonds is 3. The first kappa shape index (κ1) is 15.9. The molecule has 0 saturated carbocycles. The molecule has 0 N–H and O–H groups in total. The molecule has 3 rings (SSSR count). The third kappa shape index (κ3) is 3.19. The van der Waals surface area contributed by atoms with Gasteiger partial charge in [-0.05, 0) is 31.2 Å². The fraction of sp³-hybridized carbons (Fsp3) is 0.357. The number of benzene rings is 1. The van der Waals surface area contributed by atoms with E-state index in [2.05, 4.69) is 14.3 Å². The van der Waals surface area contributed by atoms with E-state index < -0.39 is 10.0 Å². The lowest BCUT2D eigenvalue weighted by atomic mass is 10.2. The van der Waals surface area contributed by atoms with Gasteiger partial charge in [-0.15, -0.1) is 0 Å². The summed E-state index contributed by atoms with van der Waals surface area (Å²) in [6.45, 7) is 3.82. The van der Waals surface area contributed by atoms with Crippen molar-refractivity contribution in [2.75, 3.05) is 31.1 Å². The van der Waals surface area contributed by atoms with E-state index in [1.807, 2.05) is 13.0 Å². The van der Waals surface area contributed by atoms with Crippen LogP contribution in [0.15, 0.2) is 29.2 Å². The summed E-state index contributed by atoms with van der Waals surface area (Å²) in [5, 5.41) is 9.63. The quantitative estimate of drug-likeness (QED) is 0.828. The average Bonchev–Trinajstić information content (AvgIpc) is 3.01. The monoisotopic (exact) mass is 349 g/mol. The van der Waals surface area contributed by atoms with Crippen molar-refractivity contribution < 1.29 is 8.42 Å². The summed E-state index contributed by atoms with van der Waals surface area (Å²) in [6, 6.07) is 7.99. The van der Waals surface area contributed by atoms with Crippen LogP contribution in [0.25, 0.3) is 0 Å². The lowest BCUT2D eigenvalue weighted by Gasteiger charge is -2.33. The number of aromatic nitrogens is 2. The molecule has 0 unspecified atom stereocenters. The predicted octanol–water partition coefficient (Wildman–Crippen LogP) is 1.23. The molecule has 0 radical (unpaired) electrons. The molecule has 1 aliphatic rings. The standard InChI is InChI=1S/C14H15N5O2S2/c1-11-16-14(22-17-11)18-6-8-19(9-7-18)23(20,21)13-4-2-12(10-15)3-5-13/h2-5H,6-9H2,1H3. The Kier molecular flexibility index (Phi) is 4.30. The minimum atomic E-state index is -3.52. The van der Waals surface area contributed by atoms with Gasteiger partial charge >= 0.3 is 0 Å². The third-order valence-corrected chi connectivity index (χ3v) is 6.43. The number of nitriles is 1. The Morgan fingerprint density at radius 3 is 2.35 bits per heavy atom. The van der Waals surface area contributed by atoms with Gasteiger partial charge in [0.05, 0.1) is 16.5 Å². The van der Waals surface area contributed by atoms with Crippen LogP contribution in [0.5, 0.6) is 0 Å². The fourth-order valence-electron chi connectivity index (χ4n) is 2.38. The number of hydrogen-bond acceptors (Lipinski definition) is 7. The van der Waals surface area contributed by atoms with Crippen LogP contribution in [0.2, 0.25) is 0 Å². The first-order chi connectivity index (χ1) is 11.0. The smallest absolute Gasteiger partial charge is 0.243 e. The van der Waals surface area contributed by atoms with E-state index in [9.17, 15) is 8.42 Å². The Hall–Kier alpha value is -2.02. The van der Waals surface area contributed by atoms with Crippen molar-refractivity contribution in [3.63, 3.8) is 0 Å². The summed E-state index contributed by atoms with van der Waals surface area (Å²) in [6.07, 6.45) is 0. The molecule has 9 heteroatoms. The van der Waals surface area contributed by atoms with E-state index >= 15 is 0 Å². The molecule has 0 amide bonds. The molecule has 1 aromatic carbocycles. The van der Waals surface area contributed by atoms with E-state index in [0.717, 1.165) is 11.0 Å². The minimum Gasteiger partial charge on any atom is -0.344 e. The second-order valence-electron chi connectivity index (χ2n) is 5.15. The van der Waals surface area contributed by atoms with Crippen molar-refractivity contribution in [3.8, 4) is 6.07 Å². The second kappa shape index (κ2) is 6.23. The van der Waals surface area contributed by atoms with Gasteiger partial charge in [0.1, 0.15) is 5.82 Å². The summed E-state index contributed by atoms with van der Waals surface area (Å²) >= 11 is 1.33. The van der Waals surface area contributed by atoms with E-state index in [0.29, 0.717) is 31.7 Å². The Morgan fingerprint density at radius 2 is 1.83 bits per heavy atom. The van der Waals surface area contributed by atoms with Crippen LogP contribution in [0.4, 0.5) is 5.13 Å². The number of anilines is 1. The van der Waals surface area contributed by atoms with Gasteiger partial charge in [-0.1, -0.05) is 0 Å². The van der Waals surface area contributed by atoms with Crippen LogP contribution in [0, 0.1) is 18.3 Å². The van der Waals surface area contributed by atoms with Crippen molar-refractivity contribution >= 4 is 26.7 Å². The lowest BCUT2D eigenvalue weighted by Crippen LogP contribution is -2.48. The van der Waals surface area contributed by atoms with Gasteiger partial charge < -0.3 is 4.90 Å². The molecule has 1 saturated heterocycles. The number of aryl methyl sites for hydroxylation is 1. The molecule has 0 atom stereocenters. The van der Waals surface area contributed by atoms with Gasteiger partial charge in [-0.25, -0.2) is 13.4 Å². The normalized spacial score (nSPS) is 16.3. The molecule has 120 valence electrons. The molecule has 23 heavy (non-hydrogen) atoms. The molecular weight excluding hydrogens is 334 g/mol. The summed E-state index contributed by atoms with van der Waals surface area (Å²) in [5.74, 6) is 0.734. The number of sulfonamides is 1. The second-order valence-corrected chi connectivity index (χ2v) is 7.82. The zero-order chi connectivity index (χ0) is 16.4. The average molecular weight is 349 g/mol. The molecular formula is C14H15N5O2S2. The zero-order valence-corrected chi connectivity index (χ0v) is 14.1. The Balaban J connectivity index is 1.72. The largest absolute Gasteiger partial charge is 0.344 e. The minimum absolute atomic E-state index is 0.219. The first-order valence-electron chi connectivity index (χ1n) is 7.06. The first-order valence-corrected chi connectivity index (χ1v) is 9.27. The SMILES string of the molecule is Cc1nsc(N2CCN(S(=O)(=O)c3ccc(C#N)cc3)CC2)n1. The number of hydrogen-bond donors (Lipinski definition) is 0. The molecule has 0 bridgehead atoms. The van der Waals surface area contributed by atoms with Crippen molar-refractivity contribution in [3.05, 3.63) is 35.7 Å². The summed E-state index contributed by atoms with van der Waals surface area (Å²) in [5.41, 5.74) is 0.445. The summed E-state index contributed by atoms with van der Waals surface area (Å²) in [4.78, 5) is 6.60. The maximum absolute atomic E-state index is 12.6. The van der Waals surface area contributed by atoms with Crippen LogP contribution >= 0.6 is 11.5 Å². The molecule has 0 aliphatic carbocycles. The van der Waals surface area contributed by atoms with Crippen molar-refractivity contribution in [2.24, 2.45) is 0 Å². The third-order valence-electron chi connectivity index (χ3n) is 3.65. The summed E-state index contributed by atoms with van der Waals surface area (Å²) < 4.78 is 30.9. The van der Waals surface area contributed by atoms with Crippen LogP contribution in [-0.2, 0) is 10.0 Å². The van der Waals surface area contributed by atoms with Gasteiger partial charge in [-0.2, -0.15) is 13.9 Å². The zero-order valence-electron chi connectivity index (χ0n) is 12.5. The van der Waals surface area contributed by atoms with E-state index in [1.165, 1.54) is 40.1 Å². The van der Waals surface area contributed by atoms with Crippen molar-refractivity contribution in [2.45, 2.75) is 11.8 Å². The van der Waals surface area contributed by atoms with Crippen molar-refractivity contribution in [1.29, 1.82) is 5.26 Å². The fourth-order valence-corrected chi connectivity index (χ4v) is 4.53. The Bertz CT molecular complexity index is 831. The van der Waals surface area contributed by atoms with E-state index in [-0.39, 0.29) is 4.90 Å². The molecule has 1 aliphatic heterocycles. The van der Waals surface area contributed by atoms with Crippen LogP contribution in [-0.4, -0.2) is 48.3 Å². The molecule has 1 fully saturated rings. The molecule has 7 nitrogen and oxygen atoms in total. The van der Waals surface area contributed by atoms with Crippen LogP contribution in [0.3, 0.4) is 0 Å². The van der Waals surface area contributed by atoms with E-state index in [1.54, 1.807) is 0 Å². The predicted molar refractivity (Wildman–Crippen MR) is 86.8 cm³/mol. The molecule has 0 spiro atoms. The maximum Gasteiger partial charge on any atom is 0.243 e. The number of piperazine rings is 1. The van der Waals surface area contributed by atoms with Crippen LogP contribution in [0.1, 0.15) is 11.4 Å². The topological polar surface area (TPSA) is 90.2 Å². The highest BCUT2D eigenvalue weighted by Crippen LogP contribution is 2.22. The maximum atomic E-state index is 12.6. The van der Waals surface area contributed by atoms with Gasteiger partial charge in [0.25, 0.3) is 0 Å². The van der Waals surface area contributed by atoms with Crippen LogP contribution < -0.4 is 4.90 Å². The highest BCUT2D eigenvalue weighted by atomic mass is 32.2.